The fourth-order valence-corrected chi connectivity index (χ4v) is 2.73. The van der Waals surface area contributed by atoms with Crippen molar-refractivity contribution in [1.29, 1.82) is 0 Å². The molecule has 1 heterocycles. The second-order valence-electron chi connectivity index (χ2n) is 6.15. The first kappa shape index (κ1) is 15.5. The molecule has 1 aromatic heterocycles. The summed E-state index contributed by atoms with van der Waals surface area (Å²) in [5.41, 5.74) is 1.49. The highest BCUT2D eigenvalue weighted by molar-refractivity contribution is 5.88. The minimum absolute atomic E-state index is 0.251. The molecule has 5 heteroatoms. The molecule has 1 unspecified atom stereocenters. The van der Waals surface area contributed by atoms with E-state index in [1.54, 1.807) is 6.07 Å². The maximum atomic E-state index is 12.0. The topological polar surface area (TPSA) is 74.2 Å². The van der Waals surface area contributed by atoms with Crippen LogP contribution < -0.4 is 10.6 Å². The molecule has 3 rings (SSSR count). The molecule has 23 heavy (non-hydrogen) atoms. The fourth-order valence-electron chi connectivity index (χ4n) is 2.73. The molecule has 1 saturated carbocycles. The van der Waals surface area contributed by atoms with Crippen molar-refractivity contribution in [2.75, 3.05) is 11.9 Å². The zero-order chi connectivity index (χ0) is 16.3. The van der Waals surface area contributed by atoms with Crippen LogP contribution in [0, 0.1) is 12.3 Å². The van der Waals surface area contributed by atoms with Gasteiger partial charge in [-0.1, -0.05) is 36.4 Å². The van der Waals surface area contributed by atoms with Crippen molar-refractivity contribution >= 4 is 11.8 Å². The molecule has 3 N–H and O–H groups in total. The quantitative estimate of drug-likeness (QED) is 0.794. The SMILES string of the molecule is Cc1cccc(NC(=O)NCC2(C(O)c3ccccc3)CC2)n1. The lowest BCUT2D eigenvalue weighted by Gasteiger charge is -2.23. The Morgan fingerprint density at radius 2 is 1.96 bits per heavy atom. The number of urea groups is 1. The number of aryl methyl sites for hydroxylation is 1. The van der Waals surface area contributed by atoms with Gasteiger partial charge in [0, 0.05) is 17.7 Å². The number of aliphatic hydroxyl groups excluding tert-OH is 1. The molecule has 120 valence electrons. The van der Waals surface area contributed by atoms with Crippen LogP contribution >= 0.6 is 0 Å². The van der Waals surface area contributed by atoms with Gasteiger partial charge in [-0.15, -0.1) is 0 Å². The van der Waals surface area contributed by atoms with Gasteiger partial charge in [-0.05, 0) is 37.5 Å². The molecule has 1 aliphatic rings. The van der Waals surface area contributed by atoms with E-state index in [1.807, 2.05) is 49.4 Å². The normalized spacial score (nSPS) is 16.4. The molecule has 1 aromatic carbocycles. The van der Waals surface area contributed by atoms with Crippen LogP contribution in [-0.2, 0) is 0 Å². The average Bonchev–Trinajstić information content (AvgIpc) is 3.34. The lowest BCUT2D eigenvalue weighted by molar-refractivity contribution is 0.0936. The van der Waals surface area contributed by atoms with Gasteiger partial charge < -0.3 is 10.4 Å². The van der Waals surface area contributed by atoms with Crippen molar-refractivity contribution < 1.29 is 9.90 Å². The molecular weight excluding hydrogens is 290 g/mol. The van der Waals surface area contributed by atoms with Crippen LogP contribution in [0.4, 0.5) is 10.6 Å². The van der Waals surface area contributed by atoms with Crippen molar-refractivity contribution in [1.82, 2.24) is 10.3 Å². The predicted octanol–water partition coefficient (Wildman–Crippen LogP) is 3.03. The lowest BCUT2D eigenvalue weighted by atomic mass is 9.93. The molecule has 0 saturated heterocycles. The first-order chi connectivity index (χ1) is 11.1. The highest BCUT2D eigenvalue weighted by atomic mass is 16.3. The van der Waals surface area contributed by atoms with Gasteiger partial charge in [0.25, 0.3) is 0 Å². The number of hydrogen-bond donors (Lipinski definition) is 3. The summed E-state index contributed by atoms with van der Waals surface area (Å²) >= 11 is 0. The number of amides is 2. The van der Waals surface area contributed by atoms with Crippen molar-refractivity contribution in [3.8, 4) is 0 Å². The monoisotopic (exact) mass is 311 g/mol. The lowest BCUT2D eigenvalue weighted by Crippen LogP contribution is -2.36. The van der Waals surface area contributed by atoms with E-state index >= 15 is 0 Å². The van der Waals surface area contributed by atoms with Crippen molar-refractivity contribution in [2.45, 2.75) is 25.9 Å². The highest BCUT2D eigenvalue weighted by Crippen LogP contribution is 2.54. The molecular formula is C18H21N3O2. The van der Waals surface area contributed by atoms with E-state index in [9.17, 15) is 9.90 Å². The first-order valence-electron chi connectivity index (χ1n) is 7.81. The Morgan fingerprint density at radius 3 is 2.61 bits per heavy atom. The minimum Gasteiger partial charge on any atom is -0.388 e. The highest BCUT2D eigenvalue weighted by Gasteiger charge is 2.49. The van der Waals surface area contributed by atoms with Crippen LogP contribution in [0.5, 0.6) is 0 Å². The summed E-state index contributed by atoms with van der Waals surface area (Å²) in [6.45, 7) is 2.32. The van der Waals surface area contributed by atoms with Crippen molar-refractivity contribution in [3.63, 3.8) is 0 Å². The second-order valence-corrected chi connectivity index (χ2v) is 6.15. The smallest absolute Gasteiger partial charge is 0.320 e. The predicted molar refractivity (Wildman–Crippen MR) is 89.1 cm³/mol. The molecule has 0 bridgehead atoms. The molecule has 0 spiro atoms. The van der Waals surface area contributed by atoms with Gasteiger partial charge in [-0.3, -0.25) is 5.32 Å². The maximum absolute atomic E-state index is 12.0. The van der Waals surface area contributed by atoms with E-state index in [2.05, 4.69) is 15.6 Å². The van der Waals surface area contributed by atoms with Crippen molar-refractivity contribution in [3.05, 3.63) is 59.8 Å². The summed E-state index contributed by atoms with van der Waals surface area (Å²) in [7, 11) is 0. The molecule has 1 aliphatic carbocycles. The zero-order valence-electron chi connectivity index (χ0n) is 13.1. The number of carbonyl (C=O) groups excluding carboxylic acids is 1. The van der Waals surface area contributed by atoms with E-state index in [0.717, 1.165) is 24.1 Å². The summed E-state index contributed by atoms with van der Waals surface area (Å²) in [4.78, 5) is 16.2. The molecule has 5 nitrogen and oxygen atoms in total. The maximum Gasteiger partial charge on any atom is 0.320 e. The Kier molecular flexibility index (Phi) is 4.30. The van der Waals surface area contributed by atoms with Crippen LogP contribution in [0.3, 0.4) is 0 Å². The summed E-state index contributed by atoms with van der Waals surface area (Å²) in [5.74, 6) is 0.524. The molecule has 2 amide bonds. The van der Waals surface area contributed by atoms with Gasteiger partial charge in [-0.2, -0.15) is 0 Å². The number of nitrogens with zero attached hydrogens (tertiary/aromatic N) is 1. The molecule has 0 radical (unpaired) electrons. The van der Waals surface area contributed by atoms with Gasteiger partial charge in [0.05, 0.1) is 6.10 Å². The molecule has 1 fully saturated rings. The number of carbonyl (C=O) groups is 1. The van der Waals surface area contributed by atoms with E-state index < -0.39 is 6.10 Å². The third-order valence-electron chi connectivity index (χ3n) is 4.32. The van der Waals surface area contributed by atoms with Crippen LogP contribution in [0.2, 0.25) is 0 Å². The largest absolute Gasteiger partial charge is 0.388 e. The summed E-state index contributed by atoms with van der Waals surface area (Å²) < 4.78 is 0. The number of pyridine rings is 1. The number of aromatic nitrogens is 1. The number of hydrogen-bond acceptors (Lipinski definition) is 3. The summed E-state index contributed by atoms with van der Waals surface area (Å²) in [5, 5.41) is 16.1. The second kappa shape index (κ2) is 6.38. The summed E-state index contributed by atoms with van der Waals surface area (Å²) in [6, 6.07) is 14.8. The van der Waals surface area contributed by atoms with E-state index in [0.29, 0.717) is 12.4 Å². The van der Waals surface area contributed by atoms with Crippen molar-refractivity contribution in [2.24, 2.45) is 5.41 Å². The molecule has 0 aliphatic heterocycles. The molecule has 1 atom stereocenters. The number of rotatable bonds is 5. The Balaban J connectivity index is 1.56. The zero-order valence-corrected chi connectivity index (χ0v) is 13.1. The van der Waals surface area contributed by atoms with Crippen LogP contribution in [-0.4, -0.2) is 22.7 Å². The fraction of sp³-hybridized carbons (Fsp3) is 0.333. The summed E-state index contributed by atoms with van der Waals surface area (Å²) in [6.07, 6.45) is 1.26. The van der Waals surface area contributed by atoms with E-state index in [4.69, 9.17) is 0 Å². The Labute approximate surface area is 135 Å². The Bertz CT molecular complexity index is 684. The average molecular weight is 311 g/mol. The minimum atomic E-state index is -0.555. The number of anilines is 1. The number of benzene rings is 1. The van der Waals surface area contributed by atoms with Gasteiger partial charge in [0.15, 0.2) is 0 Å². The van der Waals surface area contributed by atoms with Gasteiger partial charge in [0.2, 0.25) is 0 Å². The van der Waals surface area contributed by atoms with E-state index in [-0.39, 0.29) is 11.4 Å². The number of aliphatic hydroxyl groups is 1. The molecule has 2 aromatic rings. The Hall–Kier alpha value is -2.40. The van der Waals surface area contributed by atoms with Crippen LogP contribution in [0.1, 0.15) is 30.2 Å². The van der Waals surface area contributed by atoms with Gasteiger partial charge in [-0.25, -0.2) is 9.78 Å². The standard InChI is InChI=1S/C18H21N3O2/c1-13-6-5-9-15(20-13)21-17(23)19-12-18(10-11-18)16(22)14-7-3-2-4-8-14/h2-9,16,22H,10-12H2,1H3,(H2,19,20,21,23). The van der Waals surface area contributed by atoms with E-state index in [1.165, 1.54) is 0 Å². The third kappa shape index (κ3) is 3.68. The first-order valence-corrected chi connectivity index (χ1v) is 7.81. The van der Waals surface area contributed by atoms with Gasteiger partial charge in [0.1, 0.15) is 5.82 Å². The third-order valence-corrected chi connectivity index (χ3v) is 4.32. The van der Waals surface area contributed by atoms with Crippen LogP contribution in [0.25, 0.3) is 0 Å². The Morgan fingerprint density at radius 1 is 1.22 bits per heavy atom. The number of nitrogens with one attached hydrogen (secondary N) is 2. The van der Waals surface area contributed by atoms with Gasteiger partial charge >= 0.3 is 6.03 Å². The van der Waals surface area contributed by atoms with Crippen LogP contribution in [0.15, 0.2) is 48.5 Å².